The third-order valence-electron chi connectivity index (χ3n) is 1.05. The highest BCUT2D eigenvalue weighted by atomic mass is 31.3. The second kappa shape index (κ2) is 5.72. The van der Waals surface area contributed by atoms with Gasteiger partial charge in [0.1, 0.15) is 0 Å². The Morgan fingerprint density at radius 1 is 1.27 bits per heavy atom. The van der Waals surface area contributed by atoms with E-state index >= 15 is 0 Å². The van der Waals surface area contributed by atoms with Gasteiger partial charge >= 0.3 is 15.6 Å². The van der Waals surface area contributed by atoms with Crippen LogP contribution in [0.2, 0.25) is 0 Å². The molecule has 15 heavy (non-hydrogen) atoms. The molecule has 0 saturated carbocycles. The summed E-state index contributed by atoms with van der Waals surface area (Å²) >= 11 is 0. The minimum Gasteiger partial charge on any atom is -0.372 e. The van der Waals surface area contributed by atoms with Gasteiger partial charge in [-0.3, -0.25) is 4.99 Å². The monoisotopic (exact) mass is 262 g/mol. The van der Waals surface area contributed by atoms with Gasteiger partial charge in [0.25, 0.3) is 0 Å². The SMILES string of the molecule is CC1=NCCN1.O=P(O)(O)OP(=O)(O)O. The summed E-state index contributed by atoms with van der Waals surface area (Å²) < 4.78 is 22.2. The van der Waals surface area contributed by atoms with Crippen LogP contribution >= 0.6 is 15.6 Å². The smallest absolute Gasteiger partial charge is 0.372 e. The zero-order valence-electron chi connectivity index (χ0n) is 7.77. The molecule has 0 saturated heterocycles. The minimum absolute atomic E-state index is 0.964. The summed E-state index contributed by atoms with van der Waals surface area (Å²) in [6, 6.07) is 0. The zero-order chi connectivity index (χ0) is 12.1. The summed E-state index contributed by atoms with van der Waals surface area (Å²) in [4.78, 5) is 35.0. The van der Waals surface area contributed by atoms with Crippen LogP contribution in [0.5, 0.6) is 0 Å². The van der Waals surface area contributed by atoms with Crippen molar-refractivity contribution in [2.75, 3.05) is 13.1 Å². The second-order valence-corrected chi connectivity index (χ2v) is 5.07. The predicted octanol–water partition coefficient (Wildman–Crippen LogP) is -0.804. The number of aliphatic imine (C=N–C) groups is 1. The summed E-state index contributed by atoms with van der Waals surface area (Å²) in [5.41, 5.74) is 0. The summed E-state index contributed by atoms with van der Waals surface area (Å²) in [5, 5.41) is 3.07. The molecule has 9 nitrogen and oxygen atoms in total. The Morgan fingerprint density at radius 3 is 1.80 bits per heavy atom. The highest BCUT2D eigenvalue weighted by molar-refractivity contribution is 7.60. The fraction of sp³-hybridized carbons (Fsp3) is 0.750. The molecule has 5 N–H and O–H groups in total. The van der Waals surface area contributed by atoms with Gasteiger partial charge in [-0.15, -0.1) is 0 Å². The first-order valence-corrected chi connectivity index (χ1v) is 6.73. The Morgan fingerprint density at radius 2 is 1.73 bits per heavy atom. The molecule has 11 heteroatoms. The number of phosphoric acid groups is 2. The molecule has 0 unspecified atom stereocenters. The van der Waals surface area contributed by atoms with Gasteiger partial charge in [-0.1, -0.05) is 0 Å². The van der Waals surface area contributed by atoms with Crippen molar-refractivity contribution in [2.45, 2.75) is 6.92 Å². The molecule has 0 aromatic heterocycles. The van der Waals surface area contributed by atoms with Crippen molar-refractivity contribution in [1.29, 1.82) is 0 Å². The molecular formula is C4H12N2O7P2. The molecule has 1 rings (SSSR count). The Balaban J connectivity index is 0.000000280. The van der Waals surface area contributed by atoms with Crippen molar-refractivity contribution in [2.24, 2.45) is 4.99 Å². The number of hydrogen-bond acceptors (Lipinski definition) is 5. The molecule has 0 aromatic rings. The van der Waals surface area contributed by atoms with Gasteiger partial charge in [0.15, 0.2) is 0 Å². The van der Waals surface area contributed by atoms with Gasteiger partial charge in [-0.05, 0) is 6.92 Å². The average Bonchev–Trinajstić information content (AvgIpc) is 2.31. The van der Waals surface area contributed by atoms with Crippen LogP contribution in [0.25, 0.3) is 0 Å². The van der Waals surface area contributed by atoms with Crippen LogP contribution in [0, 0.1) is 0 Å². The Labute approximate surface area is 85.7 Å². The second-order valence-electron chi connectivity index (χ2n) is 2.46. The maximum atomic E-state index is 9.63. The molecule has 0 fully saturated rings. The topological polar surface area (TPSA) is 149 Å². The van der Waals surface area contributed by atoms with Crippen LogP contribution < -0.4 is 5.32 Å². The quantitative estimate of drug-likeness (QED) is 0.406. The highest BCUT2D eigenvalue weighted by Gasteiger charge is 2.27. The number of rotatable bonds is 2. The van der Waals surface area contributed by atoms with Gasteiger partial charge in [-0.25, -0.2) is 9.13 Å². The van der Waals surface area contributed by atoms with E-state index in [-0.39, 0.29) is 0 Å². The van der Waals surface area contributed by atoms with E-state index in [0.29, 0.717) is 0 Å². The lowest BCUT2D eigenvalue weighted by atomic mass is 10.7. The molecule has 0 radical (unpaired) electrons. The van der Waals surface area contributed by atoms with Gasteiger partial charge < -0.3 is 24.9 Å². The van der Waals surface area contributed by atoms with Crippen molar-refractivity contribution >= 4 is 21.5 Å². The van der Waals surface area contributed by atoms with Gasteiger partial charge in [0.05, 0.1) is 12.4 Å². The molecule has 0 amide bonds. The fourth-order valence-corrected chi connectivity index (χ4v) is 1.76. The largest absolute Gasteiger partial charge is 0.478 e. The molecule has 0 atom stereocenters. The number of amidine groups is 1. The molecule has 1 aliphatic heterocycles. The first-order chi connectivity index (χ1) is 6.60. The Bertz CT molecular complexity index is 297. The van der Waals surface area contributed by atoms with Crippen molar-refractivity contribution in [1.82, 2.24) is 5.32 Å². The molecule has 1 aliphatic rings. The maximum Gasteiger partial charge on any atom is 0.478 e. The Kier molecular flexibility index (Phi) is 5.61. The third kappa shape index (κ3) is 11.7. The van der Waals surface area contributed by atoms with E-state index in [9.17, 15) is 9.13 Å². The normalized spacial score (nSPS) is 16.2. The zero-order valence-corrected chi connectivity index (χ0v) is 9.56. The van der Waals surface area contributed by atoms with Crippen molar-refractivity contribution < 1.29 is 33.0 Å². The number of hydrogen-bond donors (Lipinski definition) is 5. The standard InChI is InChI=1S/C4H8N2.H4O7P2/c1-4-5-2-3-6-4;1-8(2,3)7-9(4,5)6/h2-3H2,1H3,(H,5,6);(H2,1,2,3)(H2,4,5,6). The van der Waals surface area contributed by atoms with E-state index in [2.05, 4.69) is 14.6 Å². The number of nitrogens with zero attached hydrogens (tertiary/aromatic N) is 1. The van der Waals surface area contributed by atoms with Crippen molar-refractivity contribution in [3.63, 3.8) is 0 Å². The lowest BCUT2D eigenvalue weighted by molar-refractivity contribution is 0.225. The van der Waals surface area contributed by atoms with Crippen molar-refractivity contribution in [3.05, 3.63) is 0 Å². The first kappa shape index (κ1) is 14.7. The molecule has 0 aromatic carbocycles. The Hall–Kier alpha value is -0.270. The third-order valence-corrected chi connectivity index (χ3v) is 2.76. The summed E-state index contributed by atoms with van der Waals surface area (Å²) in [6.07, 6.45) is 0. The molecular weight excluding hydrogens is 250 g/mol. The molecule has 0 aliphatic carbocycles. The van der Waals surface area contributed by atoms with Gasteiger partial charge in [0, 0.05) is 6.54 Å². The lowest BCUT2D eigenvalue weighted by Crippen LogP contribution is -2.13. The van der Waals surface area contributed by atoms with Crippen molar-refractivity contribution in [3.8, 4) is 0 Å². The lowest BCUT2D eigenvalue weighted by Gasteiger charge is -2.03. The van der Waals surface area contributed by atoms with E-state index in [4.69, 9.17) is 19.6 Å². The van der Waals surface area contributed by atoms with E-state index in [1.165, 1.54) is 0 Å². The van der Waals surface area contributed by atoms with E-state index < -0.39 is 15.6 Å². The fourth-order valence-electron chi connectivity index (χ4n) is 0.655. The van der Waals surface area contributed by atoms with Crippen LogP contribution in [-0.4, -0.2) is 38.5 Å². The van der Waals surface area contributed by atoms with Crippen LogP contribution in [0.15, 0.2) is 4.99 Å². The summed E-state index contributed by atoms with van der Waals surface area (Å²) in [7, 11) is -10.1. The van der Waals surface area contributed by atoms with Gasteiger partial charge in [0.2, 0.25) is 0 Å². The average molecular weight is 262 g/mol. The summed E-state index contributed by atoms with van der Waals surface area (Å²) in [6.45, 7) is 3.98. The highest BCUT2D eigenvalue weighted by Crippen LogP contribution is 2.53. The van der Waals surface area contributed by atoms with Gasteiger partial charge in [-0.2, -0.15) is 4.31 Å². The molecule has 0 bridgehead atoms. The van der Waals surface area contributed by atoms with Crippen LogP contribution in [-0.2, 0) is 13.4 Å². The first-order valence-electron chi connectivity index (χ1n) is 3.67. The maximum absolute atomic E-state index is 9.63. The molecule has 90 valence electrons. The summed E-state index contributed by atoms with van der Waals surface area (Å²) in [5.74, 6) is 1.08. The van der Waals surface area contributed by atoms with Crippen LogP contribution in [0.1, 0.15) is 6.92 Å². The van der Waals surface area contributed by atoms with E-state index in [0.717, 1.165) is 18.9 Å². The van der Waals surface area contributed by atoms with Crippen LogP contribution in [0.4, 0.5) is 0 Å². The molecule has 1 heterocycles. The predicted molar refractivity (Wildman–Crippen MR) is 51.2 cm³/mol. The van der Waals surface area contributed by atoms with E-state index in [1.807, 2.05) is 6.92 Å². The van der Waals surface area contributed by atoms with E-state index in [1.54, 1.807) is 0 Å². The van der Waals surface area contributed by atoms with Crippen LogP contribution in [0.3, 0.4) is 0 Å². The minimum atomic E-state index is -5.05. The molecule has 0 spiro atoms. The number of nitrogens with one attached hydrogen (secondary N) is 1.